The molecule has 2 aromatic carbocycles. The second-order valence-corrected chi connectivity index (χ2v) is 8.09. The molecule has 0 bridgehead atoms. The second kappa shape index (κ2) is 7.80. The van der Waals surface area contributed by atoms with Crippen LogP contribution in [0, 0.1) is 13.8 Å². The lowest BCUT2D eigenvalue weighted by atomic mass is 10.1. The zero-order chi connectivity index (χ0) is 18.6. The van der Waals surface area contributed by atoms with Crippen molar-refractivity contribution in [2.75, 3.05) is 6.54 Å². The molecule has 0 fully saturated rings. The summed E-state index contributed by atoms with van der Waals surface area (Å²) in [4.78, 5) is 4.70. The molecule has 0 unspecified atom stereocenters. The van der Waals surface area contributed by atoms with Gasteiger partial charge in [0.25, 0.3) is 0 Å². The predicted molar refractivity (Wildman–Crippen MR) is 100 cm³/mol. The van der Waals surface area contributed by atoms with Crippen molar-refractivity contribution in [3.05, 3.63) is 76.9 Å². The van der Waals surface area contributed by atoms with Gasteiger partial charge in [0.05, 0.1) is 4.90 Å². The summed E-state index contributed by atoms with van der Waals surface area (Å²) in [7, 11) is -3.51. The van der Waals surface area contributed by atoms with Crippen LogP contribution in [0.25, 0.3) is 0 Å². The number of nitrogens with one attached hydrogen (secondary N) is 2. The van der Waals surface area contributed by atoms with Gasteiger partial charge in [0, 0.05) is 19.4 Å². The molecule has 7 heteroatoms. The number of H-pyrrole nitrogens is 1. The monoisotopic (exact) mass is 370 g/mol. The summed E-state index contributed by atoms with van der Waals surface area (Å²) in [5.41, 5.74) is 3.38. The molecule has 3 rings (SSSR count). The van der Waals surface area contributed by atoms with Gasteiger partial charge < -0.3 is 0 Å². The van der Waals surface area contributed by atoms with Crippen LogP contribution < -0.4 is 4.72 Å². The molecule has 0 spiro atoms. The molecule has 136 valence electrons. The SMILES string of the molecule is Cc1ccc(S(=O)(=O)NCCc2n[nH]c(Cc3cccc(C)c3)n2)cc1. The van der Waals surface area contributed by atoms with Crippen LogP contribution in [0.2, 0.25) is 0 Å². The lowest BCUT2D eigenvalue weighted by Crippen LogP contribution is -2.26. The van der Waals surface area contributed by atoms with Crippen molar-refractivity contribution in [3.63, 3.8) is 0 Å². The summed E-state index contributed by atoms with van der Waals surface area (Å²) in [5.74, 6) is 1.37. The maximum Gasteiger partial charge on any atom is 0.240 e. The smallest absolute Gasteiger partial charge is 0.240 e. The van der Waals surface area contributed by atoms with Crippen molar-refractivity contribution in [3.8, 4) is 0 Å². The third kappa shape index (κ3) is 4.77. The molecule has 0 radical (unpaired) electrons. The molecule has 1 heterocycles. The zero-order valence-corrected chi connectivity index (χ0v) is 15.7. The highest BCUT2D eigenvalue weighted by Gasteiger charge is 2.13. The first-order chi connectivity index (χ1) is 12.4. The van der Waals surface area contributed by atoms with Gasteiger partial charge in [0.15, 0.2) is 5.82 Å². The van der Waals surface area contributed by atoms with Gasteiger partial charge in [-0.25, -0.2) is 18.1 Å². The van der Waals surface area contributed by atoms with E-state index in [0.29, 0.717) is 18.7 Å². The number of nitrogens with zero attached hydrogens (tertiary/aromatic N) is 2. The van der Waals surface area contributed by atoms with Crippen LogP contribution >= 0.6 is 0 Å². The van der Waals surface area contributed by atoms with E-state index in [0.717, 1.165) is 17.0 Å². The van der Waals surface area contributed by atoms with Gasteiger partial charge in [-0.3, -0.25) is 5.10 Å². The Hall–Kier alpha value is -2.51. The number of aryl methyl sites for hydroxylation is 2. The van der Waals surface area contributed by atoms with Crippen molar-refractivity contribution < 1.29 is 8.42 Å². The minimum atomic E-state index is -3.51. The molecule has 3 aromatic rings. The Kier molecular flexibility index (Phi) is 5.49. The maximum absolute atomic E-state index is 12.3. The van der Waals surface area contributed by atoms with Crippen molar-refractivity contribution in [1.29, 1.82) is 0 Å². The lowest BCUT2D eigenvalue weighted by molar-refractivity contribution is 0.581. The molecule has 1 aromatic heterocycles. The quantitative estimate of drug-likeness (QED) is 0.669. The summed E-state index contributed by atoms with van der Waals surface area (Å²) in [6.07, 6.45) is 1.10. The number of hydrogen-bond donors (Lipinski definition) is 2. The Bertz CT molecular complexity index is 979. The van der Waals surface area contributed by atoms with Gasteiger partial charge in [0.1, 0.15) is 5.82 Å². The number of sulfonamides is 1. The van der Waals surface area contributed by atoms with Crippen molar-refractivity contribution in [1.82, 2.24) is 19.9 Å². The molecule has 0 saturated heterocycles. The van der Waals surface area contributed by atoms with Gasteiger partial charge in [0.2, 0.25) is 10.0 Å². The minimum Gasteiger partial charge on any atom is -0.263 e. The Morgan fingerprint density at radius 3 is 2.54 bits per heavy atom. The van der Waals surface area contributed by atoms with Crippen LogP contribution in [0.4, 0.5) is 0 Å². The zero-order valence-electron chi connectivity index (χ0n) is 14.9. The Labute approximate surface area is 153 Å². The van der Waals surface area contributed by atoms with Crippen molar-refractivity contribution in [2.24, 2.45) is 0 Å². The molecule has 26 heavy (non-hydrogen) atoms. The van der Waals surface area contributed by atoms with E-state index in [1.807, 2.05) is 19.1 Å². The molecule has 0 atom stereocenters. The van der Waals surface area contributed by atoms with E-state index in [1.54, 1.807) is 24.3 Å². The summed E-state index contributed by atoms with van der Waals surface area (Å²) in [5, 5.41) is 7.09. The van der Waals surface area contributed by atoms with E-state index < -0.39 is 10.0 Å². The standard InChI is InChI=1S/C19H22N4O2S/c1-14-6-8-17(9-7-14)26(24,25)20-11-10-18-21-19(23-22-18)13-16-5-3-4-15(2)12-16/h3-9,12,20H,10-11,13H2,1-2H3,(H,21,22,23). The normalized spacial score (nSPS) is 11.6. The first kappa shape index (κ1) is 18.3. The predicted octanol–water partition coefficient (Wildman–Crippen LogP) is 2.53. The van der Waals surface area contributed by atoms with Gasteiger partial charge in [-0.15, -0.1) is 0 Å². The Balaban J connectivity index is 1.55. The lowest BCUT2D eigenvalue weighted by Gasteiger charge is -2.05. The van der Waals surface area contributed by atoms with E-state index in [1.165, 1.54) is 5.56 Å². The third-order valence-electron chi connectivity index (χ3n) is 4.00. The number of hydrogen-bond acceptors (Lipinski definition) is 4. The van der Waals surface area contributed by atoms with Gasteiger partial charge in [-0.2, -0.15) is 5.10 Å². The van der Waals surface area contributed by atoms with Gasteiger partial charge >= 0.3 is 0 Å². The average Bonchev–Trinajstić information content (AvgIpc) is 3.02. The molecular weight excluding hydrogens is 348 g/mol. The first-order valence-corrected chi connectivity index (χ1v) is 9.93. The summed E-state index contributed by atoms with van der Waals surface area (Å²) < 4.78 is 27.1. The van der Waals surface area contributed by atoms with Crippen LogP contribution in [0.3, 0.4) is 0 Å². The fraction of sp³-hybridized carbons (Fsp3) is 0.263. The molecule has 0 saturated carbocycles. The second-order valence-electron chi connectivity index (χ2n) is 6.32. The van der Waals surface area contributed by atoms with Crippen LogP contribution in [0.5, 0.6) is 0 Å². The summed E-state index contributed by atoms with van der Waals surface area (Å²) >= 11 is 0. The average molecular weight is 370 g/mol. The van der Waals surface area contributed by atoms with Crippen LogP contribution in [0.1, 0.15) is 28.3 Å². The minimum absolute atomic E-state index is 0.248. The van der Waals surface area contributed by atoms with E-state index in [2.05, 4.69) is 39.0 Å². The van der Waals surface area contributed by atoms with Crippen LogP contribution in [0.15, 0.2) is 53.4 Å². The third-order valence-corrected chi connectivity index (χ3v) is 5.48. The van der Waals surface area contributed by atoms with E-state index in [4.69, 9.17) is 0 Å². The van der Waals surface area contributed by atoms with Crippen LogP contribution in [-0.4, -0.2) is 30.1 Å². The topological polar surface area (TPSA) is 87.7 Å². The Morgan fingerprint density at radius 2 is 1.81 bits per heavy atom. The molecule has 6 nitrogen and oxygen atoms in total. The highest BCUT2D eigenvalue weighted by molar-refractivity contribution is 7.89. The van der Waals surface area contributed by atoms with Crippen molar-refractivity contribution >= 4 is 10.0 Å². The molecule has 2 N–H and O–H groups in total. The molecule has 0 aliphatic heterocycles. The van der Waals surface area contributed by atoms with Crippen LogP contribution in [-0.2, 0) is 22.9 Å². The molecular formula is C19H22N4O2S. The number of aromatic amines is 1. The van der Waals surface area contributed by atoms with Gasteiger partial charge in [-0.05, 0) is 31.5 Å². The Morgan fingerprint density at radius 1 is 1.04 bits per heavy atom. The molecule has 0 amide bonds. The van der Waals surface area contributed by atoms with E-state index in [9.17, 15) is 8.42 Å². The molecule has 0 aliphatic rings. The van der Waals surface area contributed by atoms with E-state index >= 15 is 0 Å². The summed E-state index contributed by atoms with van der Waals surface area (Å²) in [6, 6.07) is 15.0. The fourth-order valence-corrected chi connectivity index (χ4v) is 3.67. The summed E-state index contributed by atoms with van der Waals surface area (Å²) in [6.45, 7) is 4.22. The largest absolute Gasteiger partial charge is 0.263 e. The first-order valence-electron chi connectivity index (χ1n) is 8.44. The fourth-order valence-electron chi connectivity index (χ4n) is 2.64. The number of rotatable bonds is 7. The molecule has 0 aliphatic carbocycles. The number of benzene rings is 2. The highest BCUT2D eigenvalue weighted by Crippen LogP contribution is 2.10. The number of aromatic nitrogens is 3. The van der Waals surface area contributed by atoms with Gasteiger partial charge in [-0.1, -0.05) is 47.5 Å². The maximum atomic E-state index is 12.3. The van der Waals surface area contributed by atoms with Crippen molar-refractivity contribution in [2.45, 2.75) is 31.6 Å². The van der Waals surface area contributed by atoms with E-state index in [-0.39, 0.29) is 11.4 Å². The highest BCUT2D eigenvalue weighted by atomic mass is 32.2.